The van der Waals surface area contributed by atoms with Crippen molar-refractivity contribution >= 4 is 5.69 Å². The molecule has 1 heterocycles. The summed E-state index contributed by atoms with van der Waals surface area (Å²) in [6, 6.07) is 6.69. The maximum absolute atomic E-state index is 11.1. The SMILES string of the molecule is Cc1c(CN(CC2CCCN2)C2CC2)cccc1[N+](=O)[O-]. The highest BCUT2D eigenvalue weighted by Gasteiger charge is 2.31. The van der Waals surface area contributed by atoms with Crippen LogP contribution in [0.25, 0.3) is 0 Å². The van der Waals surface area contributed by atoms with Crippen LogP contribution in [-0.2, 0) is 6.54 Å². The van der Waals surface area contributed by atoms with Crippen LogP contribution in [-0.4, -0.2) is 35.0 Å². The van der Waals surface area contributed by atoms with Gasteiger partial charge in [-0.2, -0.15) is 0 Å². The van der Waals surface area contributed by atoms with Gasteiger partial charge in [0.05, 0.1) is 4.92 Å². The molecule has 1 aromatic carbocycles. The van der Waals surface area contributed by atoms with Crippen LogP contribution in [0, 0.1) is 17.0 Å². The predicted molar refractivity (Wildman–Crippen MR) is 82.3 cm³/mol. The lowest BCUT2D eigenvalue weighted by Gasteiger charge is -2.26. The quantitative estimate of drug-likeness (QED) is 0.646. The van der Waals surface area contributed by atoms with Crippen molar-refractivity contribution in [3.05, 3.63) is 39.4 Å². The molecule has 5 nitrogen and oxygen atoms in total. The summed E-state index contributed by atoms with van der Waals surface area (Å²) in [4.78, 5) is 13.3. The summed E-state index contributed by atoms with van der Waals surface area (Å²) < 4.78 is 0. The van der Waals surface area contributed by atoms with Crippen LogP contribution in [0.2, 0.25) is 0 Å². The van der Waals surface area contributed by atoms with Gasteiger partial charge in [0.25, 0.3) is 5.69 Å². The smallest absolute Gasteiger partial charge is 0.272 e. The zero-order valence-corrected chi connectivity index (χ0v) is 12.5. The zero-order valence-electron chi connectivity index (χ0n) is 12.5. The van der Waals surface area contributed by atoms with Crippen molar-refractivity contribution in [3.63, 3.8) is 0 Å². The predicted octanol–water partition coefficient (Wildman–Crippen LogP) is 2.62. The van der Waals surface area contributed by atoms with Crippen molar-refractivity contribution in [2.75, 3.05) is 13.1 Å². The van der Waals surface area contributed by atoms with E-state index >= 15 is 0 Å². The van der Waals surface area contributed by atoms with Crippen LogP contribution < -0.4 is 5.32 Å². The summed E-state index contributed by atoms with van der Waals surface area (Å²) in [7, 11) is 0. The molecule has 0 aromatic heterocycles. The summed E-state index contributed by atoms with van der Waals surface area (Å²) in [5.41, 5.74) is 2.14. The van der Waals surface area contributed by atoms with Gasteiger partial charge in [0.15, 0.2) is 0 Å². The number of nitrogens with one attached hydrogen (secondary N) is 1. The lowest BCUT2D eigenvalue weighted by molar-refractivity contribution is -0.385. The molecular formula is C16H23N3O2. The van der Waals surface area contributed by atoms with Gasteiger partial charge in [-0.3, -0.25) is 15.0 Å². The number of nitro benzene ring substituents is 1. The first-order chi connectivity index (χ1) is 10.1. The lowest BCUT2D eigenvalue weighted by atomic mass is 10.1. The molecule has 114 valence electrons. The molecule has 1 unspecified atom stereocenters. The van der Waals surface area contributed by atoms with E-state index in [4.69, 9.17) is 0 Å². The van der Waals surface area contributed by atoms with Gasteiger partial charge in [-0.15, -0.1) is 0 Å². The second-order valence-electron chi connectivity index (χ2n) is 6.27. The first kappa shape index (κ1) is 14.5. The summed E-state index contributed by atoms with van der Waals surface area (Å²) >= 11 is 0. The van der Waals surface area contributed by atoms with Gasteiger partial charge in [-0.05, 0) is 44.7 Å². The zero-order chi connectivity index (χ0) is 14.8. The van der Waals surface area contributed by atoms with Crippen molar-refractivity contribution in [2.45, 2.75) is 51.2 Å². The molecule has 1 aromatic rings. The topological polar surface area (TPSA) is 58.4 Å². The molecule has 1 atom stereocenters. The second-order valence-corrected chi connectivity index (χ2v) is 6.27. The molecule has 1 aliphatic carbocycles. The molecule has 0 radical (unpaired) electrons. The fourth-order valence-electron chi connectivity index (χ4n) is 3.24. The van der Waals surface area contributed by atoms with E-state index in [1.54, 1.807) is 12.1 Å². The maximum Gasteiger partial charge on any atom is 0.272 e. The number of hydrogen-bond donors (Lipinski definition) is 1. The second kappa shape index (κ2) is 6.12. The molecular weight excluding hydrogens is 266 g/mol. The van der Waals surface area contributed by atoms with Crippen molar-refractivity contribution in [2.24, 2.45) is 0 Å². The van der Waals surface area contributed by atoms with Gasteiger partial charge in [0.2, 0.25) is 0 Å². The number of benzene rings is 1. The Morgan fingerprint density at radius 2 is 2.19 bits per heavy atom. The van der Waals surface area contributed by atoms with Crippen LogP contribution in [0.5, 0.6) is 0 Å². The highest BCUT2D eigenvalue weighted by molar-refractivity contribution is 5.44. The highest BCUT2D eigenvalue weighted by Crippen LogP contribution is 2.31. The van der Waals surface area contributed by atoms with Crippen molar-refractivity contribution in [1.29, 1.82) is 0 Å². The van der Waals surface area contributed by atoms with E-state index < -0.39 is 0 Å². The molecule has 1 aliphatic heterocycles. The molecule has 0 amide bonds. The highest BCUT2D eigenvalue weighted by atomic mass is 16.6. The molecule has 1 saturated carbocycles. The Morgan fingerprint density at radius 1 is 1.38 bits per heavy atom. The third kappa shape index (κ3) is 3.41. The largest absolute Gasteiger partial charge is 0.313 e. The fraction of sp³-hybridized carbons (Fsp3) is 0.625. The van der Waals surface area contributed by atoms with Crippen molar-refractivity contribution in [1.82, 2.24) is 10.2 Å². The normalized spacial score (nSPS) is 21.9. The fourth-order valence-corrected chi connectivity index (χ4v) is 3.24. The minimum atomic E-state index is -0.279. The van der Waals surface area contributed by atoms with E-state index in [-0.39, 0.29) is 10.6 Å². The molecule has 3 rings (SSSR count). The van der Waals surface area contributed by atoms with Gasteiger partial charge in [-0.25, -0.2) is 0 Å². The van der Waals surface area contributed by atoms with Gasteiger partial charge in [0, 0.05) is 36.8 Å². The Balaban J connectivity index is 1.73. The van der Waals surface area contributed by atoms with E-state index in [1.807, 2.05) is 13.0 Å². The number of nitrogens with zero attached hydrogens (tertiary/aromatic N) is 2. The summed E-state index contributed by atoms with van der Waals surface area (Å²) in [6.45, 7) is 4.88. The van der Waals surface area contributed by atoms with E-state index in [2.05, 4.69) is 10.2 Å². The Labute approximate surface area is 125 Å². The Bertz CT molecular complexity index is 522. The third-order valence-electron chi connectivity index (χ3n) is 4.67. The summed E-state index contributed by atoms with van der Waals surface area (Å²) in [5, 5.41) is 14.6. The maximum atomic E-state index is 11.1. The first-order valence-corrected chi connectivity index (χ1v) is 7.85. The standard InChI is InChI=1S/C16H23N3O2/c1-12-13(4-2-6-16(12)19(20)21)10-18(15-7-8-15)11-14-5-3-9-17-14/h2,4,6,14-15,17H,3,5,7-11H2,1H3. The van der Waals surface area contributed by atoms with Crippen molar-refractivity contribution < 1.29 is 4.92 Å². The summed E-state index contributed by atoms with van der Waals surface area (Å²) in [6.07, 6.45) is 5.04. The van der Waals surface area contributed by atoms with Gasteiger partial charge in [0.1, 0.15) is 0 Å². The van der Waals surface area contributed by atoms with Crippen LogP contribution in [0.1, 0.15) is 36.8 Å². The molecule has 1 N–H and O–H groups in total. The molecule has 5 heteroatoms. The monoisotopic (exact) mass is 289 g/mol. The summed E-state index contributed by atoms with van der Waals surface area (Å²) in [5.74, 6) is 0. The molecule has 2 fully saturated rings. The molecule has 2 aliphatic rings. The van der Waals surface area contributed by atoms with E-state index in [0.717, 1.165) is 30.8 Å². The van der Waals surface area contributed by atoms with Gasteiger partial charge < -0.3 is 5.32 Å². The van der Waals surface area contributed by atoms with Crippen LogP contribution >= 0.6 is 0 Å². The van der Waals surface area contributed by atoms with Crippen LogP contribution in [0.15, 0.2) is 18.2 Å². The number of nitro groups is 1. The number of rotatable bonds is 6. The van der Waals surface area contributed by atoms with Crippen LogP contribution in [0.4, 0.5) is 5.69 Å². The van der Waals surface area contributed by atoms with E-state index in [1.165, 1.54) is 25.7 Å². The minimum absolute atomic E-state index is 0.238. The van der Waals surface area contributed by atoms with Gasteiger partial charge >= 0.3 is 0 Å². The number of hydrogen-bond acceptors (Lipinski definition) is 4. The van der Waals surface area contributed by atoms with E-state index in [0.29, 0.717) is 12.1 Å². The van der Waals surface area contributed by atoms with E-state index in [9.17, 15) is 10.1 Å². The average molecular weight is 289 g/mol. The molecule has 21 heavy (non-hydrogen) atoms. The Hall–Kier alpha value is -1.46. The Morgan fingerprint density at radius 3 is 2.81 bits per heavy atom. The molecule has 1 saturated heterocycles. The minimum Gasteiger partial charge on any atom is -0.313 e. The van der Waals surface area contributed by atoms with Crippen LogP contribution in [0.3, 0.4) is 0 Å². The molecule has 0 spiro atoms. The van der Waals surface area contributed by atoms with Crippen molar-refractivity contribution in [3.8, 4) is 0 Å². The molecule has 0 bridgehead atoms. The first-order valence-electron chi connectivity index (χ1n) is 7.85. The van der Waals surface area contributed by atoms with Gasteiger partial charge in [-0.1, -0.05) is 12.1 Å². The lowest BCUT2D eigenvalue weighted by Crippen LogP contribution is -2.38. The Kier molecular flexibility index (Phi) is 4.22. The average Bonchev–Trinajstić information content (AvgIpc) is 3.18. The third-order valence-corrected chi connectivity index (χ3v) is 4.67.